The third-order valence-corrected chi connectivity index (χ3v) is 3.40. The lowest BCUT2D eigenvalue weighted by atomic mass is 10.1. The van der Waals surface area contributed by atoms with Crippen LogP contribution in [-0.2, 0) is 16.1 Å². The van der Waals surface area contributed by atoms with E-state index in [4.69, 9.17) is 9.47 Å². The molecule has 0 atom stereocenters. The van der Waals surface area contributed by atoms with Crippen molar-refractivity contribution in [1.82, 2.24) is 10.3 Å². The quantitative estimate of drug-likeness (QED) is 0.842. The maximum Gasteiger partial charge on any atom is 0.408 e. The molecule has 2 amide bonds. The summed E-state index contributed by atoms with van der Waals surface area (Å²) >= 11 is 0. The van der Waals surface area contributed by atoms with E-state index in [9.17, 15) is 9.59 Å². The Balaban J connectivity index is 1.87. The Morgan fingerprint density at radius 1 is 1.12 bits per heavy atom. The van der Waals surface area contributed by atoms with E-state index in [1.807, 2.05) is 30.3 Å². The van der Waals surface area contributed by atoms with Gasteiger partial charge in [-0.2, -0.15) is 0 Å². The van der Waals surface area contributed by atoms with E-state index in [-0.39, 0.29) is 6.61 Å². The lowest BCUT2D eigenvalue weighted by Crippen LogP contribution is -2.52. The van der Waals surface area contributed by atoms with Crippen molar-refractivity contribution in [3.8, 4) is 5.88 Å². The van der Waals surface area contributed by atoms with Crippen LogP contribution in [0.5, 0.6) is 5.88 Å². The first-order valence-corrected chi connectivity index (χ1v) is 7.71. The van der Waals surface area contributed by atoms with Crippen LogP contribution in [0.3, 0.4) is 0 Å². The maximum absolute atomic E-state index is 12.4. The molecule has 7 nitrogen and oxygen atoms in total. The van der Waals surface area contributed by atoms with Crippen LogP contribution in [0, 0.1) is 0 Å². The van der Waals surface area contributed by atoms with E-state index < -0.39 is 17.5 Å². The molecule has 0 spiro atoms. The Morgan fingerprint density at radius 2 is 1.84 bits per heavy atom. The average molecular weight is 343 g/mol. The third kappa shape index (κ3) is 5.49. The van der Waals surface area contributed by atoms with Crippen LogP contribution in [0.15, 0.2) is 48.7 Å². The number of aromatic nitrogens is 1. The molecule has 0 unspecified atom stereocenters. The van der Waals surface area contributed by atoms with E-state index in [0.29, 0.717) is 11.6 Å². The standard InChI is InChI=1S/C18H21N3O4/c1-18(2,16(22)20-14-9-10-15(24-3)19-11-14)21-17(23)25-12-13-7-5-4-6-8-13/h4-11H,12H2,1-3H3,(H,20,22)(H,21,23). The number of rotatable bonds is 6. The molecule has 0 aliphatic carbocycles. The summed E-state index contributed by atoms with van der Waals surface area (Å²) in [5.41, 5.74) is 0.204. The van der Waals surface area contributed by atoms with Crippen molar-refractivity contribution in [2.24, 2.45) is 0 Å². The first-order valence-electron chi connectivity index (χ1n) is 7.71. The molecule has 0 saturated heterocycles. The second-order valence-electron chi connectivity index (χ2n) is 5.86. The number of pyridine rings is 1. The highest BCUT2D eigenvalue weighted by Gasteiger charge is 2.30. The number of nitrogens with one attached hydrogen (secondary N) is 2. The molecule has 7 heteroatoms. The highest BCUT2D eigenvalue weighted by molar-refractivity contribution is 5.99. The molecule has 1 aromatic heterocycles. The Labute approximate surface area is 146 Å². The first-order chi connectivity index (χ1) is 11.9. The van der Waals surface area contributed by atoms with Crippen molar-refractivity contribution in [3.63, 3.8) is 0 Å². The molecule has 0 fully saturated rings. The summed E-state index contributed by atoms with van der Waals surface area (Å²) in [6, 6.07) is 12.6. The Kier molecular flexibility index (Phi) is 5.94. The average Bonchev–Trinajstić information content (AvgIpc) is 2.61. The number of hydrogen-bond donors (Lipinski definition) is 2. The fraction of sp³-hybridized carbons (Fsp3) is 0.278. The Bertz CT molecular complexity index is 715. The second-order valence-corrected chi connectivity index (χ2v) is 5.86. The minimum absolute atomic E-state index is 0.132. The maximum atomic E-state index is 12.4. The van der Waals surface area contributed by atoms with Crippen LogP contribution in [-0.4, -0.2) is 29.6 Å². The minimum Gasteiger partial charge on any atom is -0.481 e. The topological polar surface area (TPSA) is 89.6 Å². The van der Waals surface area contributed by atoms with E-state index in [1.165, 1.54) is 13.3 Å². The number of carbonyl (C=O) groups is 2. The molecule has 0 saturated carbocycles. The number of ether oxygens (including phenoxy) is 2. The van der Waals surface area contributed by atoms with Crippen molar-refractivity contribution in [1.29, 1.82) is 0 Å². The van der Waals surface area contributed by atoms with Gasteiger partial charge in [-0.25, -0.2) is 9.78 Å². The van der Waals surface area contributed by atoms with Gasteiger partial charge in [0.2, 0.25) is 11.8 Å². The normalized spacial score (nSPS) is 10.7. The number of alkyl carbamates (subject to hydrolysis) is 1. The number of nitrogens with zero attached hydrogens (tertiary/aromatic N) is 1. The van der Waals surface area contributed by atoms with Crippen LogP contribution < -0.4 is 15.4 Å². The van der Waals surface area contributed by atoms with Crippen molar-refractivity contribution in [3.05, 3.63) is 54.2 Å². The number of hydrogen-bond acceptors (Lipinski definition) is 5. The van der Waals surface area contributed by atoms with Gasteiger partial charge in [-0.3, -0.25) is 4.79 Å². The van der Waals surface area contributed by atoms with Crippen LogP contribution >= 0.6 is 0 Å². The summed E-state index contributed by atoms with van der Waals surface area (Å²) in [7, 11) is 1.51. The molecule has 0 aliphatic rings. The van der Waals surface area contributed by atoms with Gasteiger partial charge in [0.25, 0.3) is 0 Å². The Hall–Kier alpha value is -3.09. The predicted octanol–water partition coefficient (Wildman–Crippen LogP) is 2.73. The summed E-state index contributed by atoms with van der Waals surface area (Å²) in [6.45, 7) is 3.30. The molecule has 2 N–H and O–H groups in total. The molecular formula is C18H21N3O4. The van der Waals surface area contributed by atoms with Gasteiger partial charge in [0, 0.05) is 6.07 Å². The van der Waals surface area contributed by atoms with Gasteiger partial charge >= 0.3 is 6.09 Å². The minimum atomic E-state index is -1.16. The number of methoxy groups -OCH3 is 1. The van der Waals surface area contributed by atoms with Gasteiger partial charge < -0.3 is 20.1 Å². The van der Waals surface area contributed by atoms with E-state index in [1.54, 1.807) is 26.0 Å². The number of amides is 2. The molecule has 1 aromatic carbocycles. The number of carbonyl (C=O) groups excluding carboxylic acids is 2. The smallest absolute Gasteiger partial charge is 0.408 e. The number of anilines is 1. The molecule has 0 bridgehead atoms. The highest BCUT2D eigenvalue weighted by atomic mass is 16.5. The molecule has 0 aliphatic heterocycles. The monoisotopic (exact) mass is 343 g/mol. The fourth-order valence-corrected chi connectivity index (χ4v) is 1.93. The van der Waals surface area contributed by atoms with Gasteiger partial charge in [-0.05, 0) is 25.5 Å². The molecule has 1 heterocycles. The van der Waals surface area contributed by atoms with Gasteiger partial charge in [-0.15, -0.1) is 0 Å². The molecular weight excluding hydrogens is 322 g/mol. The predicted molar refractivity (Wildman–Crippen MR) is 93.3 cm³/mol. The van der Waals surface area contributed by atoms with Crippen molar-refractivity contribution >= 4 is 17.7 Å². The lowest BCUT2D eigenvalue weighted by molar-refractivity contribution is -0.121. The van der Waals surface area contributed by atoms with Crippen molar-refractivity contribution in [2.75, 3.05) is 12.4 Å². The Morgan fingerprint density at radius 3 is 2.44 bits per heavy atom. The zero-order chi connectivity index (χ0) is 18.3. The summed E-state index contributed by atoms with van der Waals surface area (Å²) in [6.07, 6.45) is 0.803. The summed E-state index contributed by atoms with van der Waals surface area (Å²) < 4.78 is 10.1. The molecule has 25 heavy (non-hydrogen) atoms. The van der Waals surface area contributed by atoms with Gasteiger partial charge in [0.05, 0.1) is 19.0 Å². The van der Waals surface area contributed by atoms with Crippen LogP contribution in [0.25, 0.3) is 0 Å². The van der Waals surface area contributed by atoms with Gasteiger partial charge in [0.15, 0.2) is 0 Å². The van der Waals surface area contributed by atoms with Gasteiger partial charge in [-0.1, -0.05) is 30.3 Å². The largest absolute Gasteiger partial charge is 0.481 e. The SMILES string of the molecule is COc1ccc(NC(=O)C(C)(C)NC(=O)OCc2ccccc2)cn1. The number of benzene rings is 1. The molecule has 132 valence electrons. The van der Waals surface area contributed by atoms with Crippen LogP contribution in [0.4, 0.5) is 10.5 Å². The second kappa shape index (κ2) is 8.14. The fourth-order valence-electron chi connectivity index (χ4n) is 1.93. The zero-order valence-electron chi connectivity index (χ0n) is 14.4. The van der Waals surface area contributed by atoms with Crippen molar-refractivity contribution in [2.45, 2.75) is 26.0 Å². The van der Waals surface area contributed by atoms with E-state index >= 15 is 0 Å². The summed E-state index contributed by atoms with van der Waals surface area (Å²) in [5.74, 6) is 0.0519. The van der Waals surface area contributed by atoms with Crippen LogP contribution in [0.1, 0.15) is 19.4 Å². The van der Waals surface area contributed by atoms with E-state index in [0.717, 1.165) is 5.56 Å². The lowest BCUT2D eigenvalue weighted by Gasteiger charge is -2.24. The highest BCUT2D eigenvalue weighted by Crippen LogP contribution is 2.14. The van der Waals surface area contributed by atoms with Gasteiger partial charge in [0.1, 0.15) is 12.1 Å². The van der Waals surface area contributed by atoms with Crippen molar-refractivity contribution < 1.29 is 19.1 Å². The summed E-state index contributed by atoms with van der Waals surface area (Å²) in [4.78, 5) is 28.3. The molecule has 2 rings (SSSR count). The van der Waals surface area contributed by atoms with E-state index in [2.05, 4.69) is 15.6 Å². The molecule has 0 radical (unpaired) electrons. The van der Waals surface area contributed by atoms with Crippen LogP contribution in [0.2, 0.25) is 0 Å². The first kappa shape index (κ1) is 18.3. The zero-order valence-corrected chi connectivity index (χ0v) is 14.4. The summed E-state index contributed by atoms with van der Waals surface area (Å²) in [5, 5.41) is 5.24. The third-order valence-electron chi connectivity index (χ3n) is 3.40. The molecule has 2 aromatic rings.